The third-order valence-corrected chi connectivity index (χ3v) is 6.65. The van der Waals surface area contributed by atoms with Crippen LogP contribution in [0.3, 0.4) is 0 Å². The minimum absolute atomic E-state index is 0.480. The molecule has 0 saturated carbocycles. The first-order chi connectivity index (χ1) is 18.8. The summed E-state index contributed by atoms with van der Waals surface area (Å²) in [6.07, 6.45) is 0. The quantitative estimate of drug-likeness (QED) is 0.245. The summed E-state index contributed by atoms with van der Waals surface area (Å²) in [5, 5.41) is 15.9. The Kier molecular flexibility index (Phi) is 5.37. The first-order valence-electron chi connectivity index (χ1n) is 12.5. The van der Waals surface area contributed by atoms with E-state index in [1.54, 1.807) is 0 Å². The fourth-order valence-electron chi connectivity index (χ4n) is 4.75. The lowest BCUT2D eigenvalue weighted by atomic mass is 10.0. The minimum atomic E-state index is 0.480. The standard InChI is InChI=1S/C33H22N4O/c1-3-11-24(12-4-1)30-22-31(25-13-5-2-6-14-25)37(36-30)27-20-18-26(19-21-27)32-34-35-33(38-32)29-17-9-15-23-10-7-8-16-28(23)29/h1-22H. The molecule has 0 bridgehead atoms. The summed E-state index contributed by atoms with van der Waals surface area (Å²) in [4.78, 5) is 0. The summed E-state index contributed by atoms with van der Waals surface area (Å²) < 4.78 is 8.10. The summed E-state index contributed by atoms with van der Waals surface area (Å²) in [6.45, 7) is 0. The largest absolute Gasteiger partial charge is 0.416 e. The lowest BCUT2D eigenvalue weighted by molar-refractivity contribution is 0.585. The van der Waals surface area contributed by atoms with Gasteiger partial charge in [-0.3, -0.25) is 0 Å². The van der Waals surface area contributed by atoms with Crippen molar-refractivity contribution in [3.8, 4) is 51.1 Å². The maximum atomic E-state index is 6.12. The monoisotopic (exact) mass is 490 g/mol. The van der Waals surface area contributed by atoms with Gasteiger partial charge in [0.15, 0.2) is 0 Å². The van der Waals surface area contributed by atoms with Crippen molar-refractivity contribution in [2.45, 2.75) is 0 Å². The normalized spacial score (nSPS) is 11.2. The van der Waals surface area contributed by atoms with Crippen molar-refractivity contribution in [2.75, 3.05) is 0 Å². The molecule has 0 atom stereocenters. The second kappa shape index (κ2) is 9.30. The van der Waals surface area contributed by atoms with Crippen LogP contribution in [0.5, 0.6) is 0 Å². The van der Waals surface area contributed by atoms with Crippen LogP contribution in [0.1, 0.15) is 0 Å². The van der Waals surface area contributed by atoms with Gasteiger partial charge >= 0.3 is 0 Å². The van der Waals surface area contributed by atoms with Gasteiger partial charge in [0.25, 0.3) is 0 Å². The highest BCUT2D eigenvalue weighted by Gasteiger charge is 2.15. The number of aromatic nitrogens is 4. The molecule has 0 unspecified atom stereocenters. The molecule has 0 radical (unpaired) electrons. The van der Waals surface area contributed by atoms with Gasteiger partial charge in [0.05, 0.1) is 17.1 Å². The summed E-state index contributed by atoms with van der Waals surface area (Å²) in [7, 11) is 0. The molecule has 2 heterocycles. The van der Waals surface area contributed by atoms with E-state index in [9.17, 15) is 0 Å². The van der Waals surface area contributed by atoms with Gasteiger partial charge in [-0.2, -0.15) is 5.10 Å². The molecule has 38 heavy (non-hydrogen) atoms. The van der Waals surface area contributed by atoms with E-state index >= 15 is 0 Å². The molecule has 5 aromatic carbocycles. The van der Waals surface area contributed by atoms with Crippen LogP contribution in [-0.4, -0.2) is 20.0 Å². The molecule has 5 nitrogen and oxygen atoms in total. The first kappa shape index (κ1) is 21.9. The van der Waals surface area contributed by atoms with Crippen molar-refractivity contribution in [3.63, 3.8) is 0 Å². The number of fused-ring (bicyclic) bond motifs is 1. The van der Waals surface area contributed by atoms with Gasteiger partial charge in [-0.05, 0) is 47.2 Å². The molecule has 0 fully saturated rings. The summed E-state index contributed by atoms with van der Waals surface area (Å²) in [6, 6.07) is 45.0. The fraction of sp³-hybridized carbons (Fsp3) is 0. The Morgan fingerprint density at radius 1 is 0.526 bits per heavy atom. The zero-order chi connectivity index (χ0) is 25.3. The van der Waals surface area contributed by atoms with Crippen LogP contribution in [-0.2, 0) is 0 Å². The Hall–Kier alpha value is -5.29. The molecule has 0 amide bonds. The third-order valence-electron chi connectivity index (χ3n) is 6.65. The van der Waals surface area contributed by atoms with Gasteiger partial charge in [0.2, 0.25) is 11.8 Å². The second-order valence-corrected chi connectivity index (χ2v) is 9.04. The summed E-state index contributed by atoms with van der Waals surface area (Å²) >= 11 is 0. The molecule has 0 aliphatic heterocycles. The maximum absolute atomic E-state index is 6.12. The molecule has 0 N–H and O–H groups in total. The Balaban J connectivity index is 1.25. The molecular formula is C33H22N4O. The van der Waals surface area contributed by atoms with E-state index in [2.05, 4.69) is 58.7 Å². The van der Waals surface area contributed by atoms with E-state index in [1.165, 1.54) is 0 Å². The van der Waals surface area contributed by atoms with Gasteiger partial charge in [-0.25, -0.2) is 4.68 Å². The van der Waals surface area contributed by atoms with E-state index < -0.39 is 0 Å². The van der Waals surface area contributed by atoms with Crippen LogP contribution in [0.2, 0.25) is 0 Å². The van der Waals surface area contributed by atoms with Crippen LogP contribution < -0.4 is 0 Å². The average Bonchev–Trinajstić information content (AvgIpc) is 3.67. The van der Waals surface area contributed by atoms with Gasteiger partial charge in [0, 0.05) is 22.3 Å². The zero-order valence-electron chi connectivity index (χ0n) is 20.4. The van der Waals surface area contributed by atoms with Crippen molar-refractivity contribution < 1.29 is 4.42 Å². The minimum Gasteiger partial charge on any atom is -0.416 e. The zero-order valence-corrected chi connectivity index (χ0v) is 20.4. The average molecular weight is 491 g/mol. The van der Waals surface area contributed by atoms with Gasteiger partial charge in [0.1, 0.15) is 0 Å². The molecule has 0 aliphatic rings. The number of hydrogen-bond acceptors (Lipinski definition) is 4. The van der Waals surface area contributed by atoms with Crippen LogP contribution in [0.4, 0.5) is 0 Å². The SMILES string of the molecule is c1ccc(-c2cc(-c3ccccc3)n(-c3ccc(-c4nnc(-c5cccc6ccccc56)o4)cc3)n2)cc1. The van der Waals surface area contributed by atoms with Crippen molar-refractivity contribution in [1.82, 2.24) is 20.0 Å². The van der Waals surface area contributed by atoms with Crippen molar-refractivity contribution in [3.05, 3.63) is 133 Å². The molecule has 5 heteroatoms. The lowest BCUT2D eigenvalue weighted by Crippen LogP contribution is -1.99. The second-order valence-electron chi connectivity index (χ2n) is 9.04. The predicted molar refractivity (Wildman–Crippen MR) is 151 cm³/mol. The van der Waals surface area contributed by atoms with Crippen LogP contribution in [0.25, 0.3) is 61.9 Å². The van der Waals surface area contributed by atoms with Gasteiger partial charge < -0.3 is 4.42 Å². The molecular weight excluding hydrogens is 468 g/mol. The molecule has 0 aliphatic carbocycles. The third kappa shape index (κ3) is 3.96. The fourth-order valence-corrected chi connectivity index (χ4v) is 4.75. The van der Waals surface area contributed by atoms with Gasteiger partial charge in [-0.1, -0.05) is 97.1 Å². The smallest absolute Gasteiger partial charge is 0.248 e. The van der Waals surface area contributed by atoms with Crippen molar-refractivity contribution in [2.24, 2.45) is 0 Å². The van der Waals surface area contributed by atoms with Crippen LogP contribution in [0, 0.1) is 0 Å². The Labute approximate surface area is 219 Å². The lowest BCUT2D eigenvalue weighted by Gasteiger charge is -2.08. The van der Waals surface area contributed by atoms with E-state index in [0.717, 1.165) is 50.1 Å². The van der Waals surface area contributed by atoms with Gasteiger partial charge in [-0.15, -0.1) is 10.2 Å². The number of benzene rings is 5. The molecule has 7 aromatic rings. The molecule has 180 valence electrons. The topological polar surface area (TPSA) is 56.7 Å². The molecule has 2 aromatic heterocycles. The Morgan fingerprint density at radius 3 is 1.97 bits per heavy atom. The van der Waals surface area contributed by atoms with E-state index in [1.807, 2.05) is 89.6 Å². The highest BCUT2D eigenvalue weighted by molar-refractivity contribution is 5.94. The summed E-state index contributed by atoms with van der Waals surface area (Å²) in [5.74, 6) is 0.986. The number of rotatable bonds is 5. The molecule has 7 rings (SSSR count). The van der Waals surface area contributed by atoms with E-state index in [0.29, 0.717) is 11.8 Å². The number of hydrogen-bond donors (Lipinski definition) is 0. The number of nitrogens with zero attached hydrogens (tertiary/aromatic N) is 4. The van der Waals surface area contributed by atoms with Crippen LogP contribution >= 0.6 is 0 Å². The highest BCUT2D eigenvalue weighted by atomic mass is 16.4. The Morgan fingerprint density at radius 2 is 1.18 bits per heavy atom. The Bertz CT molecular complexity index is 1850. The van der Waals surface area contributed by atoms with E-state index in [4.69, 9.17) is 9.52 Å². The first-order valence-corrected chi connectivity index (χ1v) is 12.5. The van der Waals surface area contributed by atoms with Crippen molar-refractivity contribution in [1.29, 1.82) is 0 Å². The van der Waals surface area contributed by atoms with Crippen LogP contribution in [0.15, 0.2) is 138 Å². The van der Waals surface area contributed by atoms with E-state index in [-0.39, 0.29) is 0 Å². The maximum Gasteiger partial charge on any atom is 0.248 e. The molecule has 0 spiro atoms. The summed E-state index contributed by atoms with van der Waals surface area (Å²) in [5.41, 5.74) is 6.84. The van der Waals surface area contributed by atoms with Crippen molar-refractivity contribution >= 4 is 10.8 Å². The highest BCUT2D eigenvalue weighted by Crippen LogP contribution is 2.32. The predicted octanol–water partition coefficient (Wildman–Crippen LogP) is 8.08. The molecule has 0 saturated heterocycles.